The van der Waals surface area contributed by atoms with Crippen LogP contribution in [0.3, 0.4) is 0 Å². The van der Waals surface area contributed by atoms with Crippen LogP contribution in [-0.4, -0.2) is 89.8 Å². The van der Waals surface area contributed by atoms with Gasteiger partial charge in [0.2, 0.25) is 0 Å². The first-order chi connectivity index (χ1) is 56.9. The second kappa shape index (κ2) is 48.6. The Morgan fingerprint density at radius 3 is 1.07 bits per heavy atom. The molecule has 0 aliphatic carbocycles. The van der Waals surface area contributed by atoms with E-state index in [0.29, 0.717) is 5.56 Å². The standard InChI is InChI=1S/C23H20N.C21H13N2.C21H16N.C20H14NO.4C5H8O2.4Ir/c1-23(2,3)18-9-6-8-17(15-18)22-21-12-11-16-7-4-5-10-19(16)20(21)13-14-24-22;1-14-5-7-18-16(11-14)6-8-20-19(18)9-10-23-21(20)17-4-2-3-15(12-17)13-22;1-14-11-15(2)13-17(12-14)21-20-8-7-16-5-3-4-6-18(16)19(20)9-10-22-21;1-22-16-9-6-15(7-10-16)20-19-11-8-14-4-2-3-5-17(14)18(19)12-13-21-20;4*1-4(6)3-5(2)7;;;;/h4-7,9-15H,1-3H3;2-3,5-12H,1H3;3-12H,1-2H3;2-6,8-13H,1H3;4*3,6H,1-2H3;;;;/q4*-1;;;;;;;;/p+4. The molecule has 123 heavy (non-hydrogen) atoms. The maximum atomic E-state index is 9.11. The smallest absolute Gasteiger partial charge is 0.316 e. The molecule has 0 aliphatic rings. The number of fused-ring (bicyclic) bond motifs is 12. The number of rotatable bonds is 9. The number of methoxy groups -OCH3 is 1. The number of allylic oxidation sites excluding steroid dienone is 8. The summed E-state index contributed by atoms with van der Waals surface area (Å²) >= 11 is 0. The molecule has 16 aromatic rings. The topological polar surface area (TPSA) is 251 Å². The molecule has 0 atom stereocenters. The molecule has 4 radical (unpaired) electrons. The minimum Gasteiger partial charge on any atom is -0.540 e. The van der Waals surface area contributed by atoms with Crippen LogP contribution in [0.2, 0.25) is 0 Å². The van der Waals surface area contributed by atoms with E-state index in [2.05, 4.69) is 274 Å². The van der Waals surface area contributed by atoms with Gasteiger partial charge in [0.25, 0.3) is 0 Å². The first kappa shape index (κ1) is 102. The molecule has 16 rings (SSSR count). The van der Waals surface area contributed by atoms with Gasteiger partial charge in [-0.15, -0.1) is 130 Å². The second-order valence-corrected chi connectivity index (χ2v) is 29.6. The van der Waals surface area contributed by atoms with Crippen molar-refractivity contribution in [2.45, 2.75) is 102 Å². The van der Waals surface area contributed by atoms with E-state index in [9.17, 15) is 0 Å². The zero-order chi connectivity index (χ0) is 86.0. The summed E-state index contributed by atoms with van der Waals surface area (Å²) in [4.78, 5) is 52.0. The maximum absolute atomic E-state index is 9.11. The first-order valence-electron chi connectivity index (χ1n) is 38.6. The summed E-state index contributed by atoms with van der Waals surface area (Å²) in [6, 6.07) is 94.7. The van der Waals surface area contributed by atoms with Crippen LogP contribution in [0.5, 0.6) is 5.75 Å². The van der Waals surface area contributed by atoms with E-state index < -0.39 is 0 Å². The number of hydrogen-bond donors (Lipinski definition) is 4. The monoisotopic (exact) mass is 2350 g/mol. The summed E-state index contributed by atoms with van der Waals surface area (Å²) < 4.78 is 5.20. The van der Waals surface area contributed by atoms with Crippen molar-refractivity contribution in [2.24, 2.45) is 0 Å². The zero-order valence-corrected chi connectivity index (χ0v) is 80.7. The zero-order valence-electron chi connectivity index (χ0n) is 71.1. The fourth-order valence-electron chi connectivity index (χ4n) is 13.4. The van der Waals surface area contributed by atoms with Gasteiger partial charge in [-0.05, 0) is 179 Å². The van der Waals surface area contributed by atoms with Crippen LogP contribution >= 0.6 is 0 Å². The van der Waals surface area contributed by atoms with Gasteiger partial charge in [0.05, 0.1) is 88.2 Å². The number of aromatic nitrogens is 4. The van der Waals surface area contributed by atoms with Crippen molar-refractivity contribution in [3.05, 3.63) is 355 Å². The number of ether oxygens (including phenoxy) is 1. The average Bonchev–Trinajstić information content (AvgIpc) is 0.796. The molecule has 0 unspecified atom stereocenters. The van der Waals surface area contributed by atoms with E-state index in [1.54, 1.807) is 19.2 Å². The van der Waals surface area contributed by atoms with Crippen molar-refractivity contribution in [2.75, 3.05) is 7.11 Å². The van der Waals surface area contributed by atoms with Crippen LogP contribution in [0.15, 0.2) is 303 Å². The van der Waals surface area contributed by atoms with Gasteiger partial charge in [-0.1, -0.05) is 180 Å². The van der Waals surface area contributed by atoms with E-state index in [1.807, 2.05) is 61.2 Å². The fourth-order valence-corrected chi connectivity index (χ4v) is 13.4. The van der Waals surface area contributed by atoms with Crippen LogP contribution in [0.4, 0.5) is 0 Å². The molecule has 0 fully saturated rings. The van der Waals surface area contributed by atoms with Crippen molar-refractivity contribution >= 4 is 109 Å². The summed E-state index contributed by atoms with van der Waals surface area (Å²) in [7, 11) is 1.66. The van der Waals surface area contributed by atoms with Crippen LogP contribution in [0.1, 0.15) is 104 Å². The van der Waals surface area contributed by atoms with Crippen molar-refractivity contribution in [3.8, 4) is 56.8 Å². The number of aliphatic hydroxyl groups is 4. The molecule has 0 amide bonds. The third-order valence-electron chi connectivity index (χ3n) is 18.4. The molecule has 4 aromatic heterocycles. The van der Waals surface area contributed by atoms with Crippen LogP contribution in [-0.2, 0) is 85.8 Å². The fraction of sp³-hybridized carbons (Fsp3) is 0.152. The Morgan fingerprint density at radius 1 is 0.366 bits per heavy atom. The van der Waals surface area contributed by atoms with E-state index in [0.717, 1.165) is 67.1 Å². The van der Waals surface area contributed by atoms with Crippen LogP contribution in [0, 0.1) is 56.4 Å². The normalized spacial score (nSPS) is 10.9. The van der Waals surface area contributed by atoms with E-state index >= 15 is 0 Å². The molecule has 0 saturated heterocycles. The van der Waals surface area contributed by atoms with E-state index in [4.69, 9.17) is 49.6 Å². The largest absolute Gasteiger partial charge is 0.540 e. The molecule has 0 aliphatic heterocycles. The Kier molecular flexibility index (Phi) is 40.2. The number of aryl methyl sites for hydroxylation is 3. The Morgan fingerprint density at radius 2 is 0.724 bits per heavy atom. The third kappa shape index (κ3) is 29.1. The van der Waals surface area contributed by atoms with Gasteiger partial charge >= 0.3 is 23.1 Å². The molecule has 634 valence electrons. The number of nitriles is 1. The number of aliphatic hydroxyl groups excluding tert-OH is 4. The first-order valence-corrected chi connectivity index (χ1v) is 38.6. The van der Waals surface area contributed by atoms with Gasteiger partial charge in [-0.3, -0.25) is 19.2 Å². The van der Waals surface area contributed by atoms with Crippen molar-refractivity contribution < 1.29 is 125 Å². The number of benzene rings is 12. The van der Waals surface area contributed by atoms with Crippen LogP contribution in [0.25, 0.3) is 131 Å². The molecule has 0 spiro atoms. The van der Waals surface area contributed by atoms with Crippen molar-refractivity contribution in [1.29, 1.82) is 5.26 Å². The third-order valence-corrected chi connectivity index (χ3v) is 18.4. The van der Waals surface area contributed by atoms with Gasteiger partial charge in [0.15, 0.2) is 0 Å². The van der Waals surface area contributed by atoms with Crippen molar-refractivity contribution in [3.63, 3.8) is 0 Å². The van der Waals surface area contributed by atoms with Gasteiger partial charge in [0.1, 0.15) is 0 Å². The molecule has 18 heteroatoms. The summed E-state index contributed by atoms with van der Waals surface area (Å²) in [5.41, 5.74) is 13.4. The summed E-state index contributed by atoms with van der Waals surface area (Å²) in [6.45, 7) is 25.0. The Labute approximate surface area is 773 Å². The predicted octanol–water partition coefficient (Wildman–Crippen LogP) is 25.6. The Bertz CT molecular complexity index is 6440. The molecule has 0 bridgehead atoms. The molecule has 8 N–H and O–H groups in total. The maximum Gasteiger partial charge on any atom is 0.316 e. The van der Waals surface area contributed by atoms with E-state index in [-0.39, 0.29) is 132 Å². The van der Waals surface area contributed by atoms with Gasteiger partial charge in [-0.2, -0.15) is 5.26 Å². The molecule has 4 heterocycles. The quantitative estimate of drug-likeness (QED) is 0.0350. The minimum absolute atomic E-state index is 0. The number of hydrogen-bond acceptors (Lipinski definition) is 10. The molecular formula is C105H99Ir4N5O9. The Balaban J connectivity index is 0.000000261. The summed E-state index contributed by atoms with van der Waals surface area (Å²) in [5.74, 6) is 1.80. The Hall–Kier alpha value is -12.0. The predicted molar refractivity (Wildman–Crippen MR) is 494 cm³/mol. The average molecular weight is 2340 g/mol. The second-order valence-electron chi connectivity index (χ2n) is 29.6. The summed E-state index contributed by atoms with van der Waals surface area (Å²) in [6.07, 6.45) is 12.6. The summed E-state index contributed by atoms with van der Waals surface area (Å²) in [5, 5.41) is 62.2. The van der Waals surface area contributed by atoms with E-state index in [1.165, 1.54) is 172 Å². The molecule has 14 nitrogen and oxygen atoms in total. The molecule has 12 aromatic carbocycles. The number of nitrogens with zero attached hydrogens (tertiary/aromatic N) is 5. The number of pyridine rings is 4. The minimum atomic E-state index is 0. The van der Waals surface area contributed by atoms with Crippen molar-refractivity contribution in [1.82, 2.24) is 19.9 Å². The molecular weight excluding hydrogens is 2240 g/mol. The van der Waals surface area contributed by atoms with Crippen LogP contribution < -0.4 is 4.74 Å². The molecule has 0 saturated carbocycles. The van der Waals surface area contributed by atoms with Gasteiger partial charge in [-0.25, -0.2) is 0 Å². The van der Waals surface area contributed by atoms with Gasteiger partial charge in [0, 0.05) is 111 Å². The number of ketones is 4. The number of carbonyl (C=O) groups excluding carboxylic acids is 4. The SMILES string of the molecule is CC(=[OH+])C=C(C)O.CC(=[OH+])C=C(C)O.CC(=[OH+])C=C(C)O.CC(=[OH+])C=C(C)O.CC(C)(C)c1cc[c-]c(-c2nccc3c2ccc2ccccc23)c1.COc1c[c-]c(-c2nccc3c2ccc2ccccc23)cc1.Cc1[c-]c(-c2nccc3c2ccc2ccccc23)cc(C)c1.Cc1ccc2c(ccc3c(-c4[c-]ccc(C#N)c4)nccc32)c1.[Ir].[Ir].[Ir].[Ir]. The van der Waals surface area contributed by atoms with Gasteiger partial charge < -0.3 is 45.1 Å².